The van der Waals surface area contributed by atoms with Crippen LogP contribution in [0.2, 0.25) is 0 Å². The fourth-order valence-electron chi connectivity index (χ4n) is 0.904. The van der Waals surface area contributed by atoms with Crippen LogP contribution in [0.4, 0.5) is 0 Å². The lowest BCUT2D eigenvalue weighted by Gasteiger charge is -1.92. The van der Waals surface area contributed by atoms with Crippen molar-refractivity contribution in [3.8, 4) is 0 Å². The Morgan fingerprint density at radius 2 is 1.05 bits per heavy atom. The molecule has 0 fully saturated rings. The lowest BCUT2D eigenvalue weighted by Crippen LogP contribution is -1.83. The lowest BCUT2D eigenvalue weighted by atomic mass is 10.1. The smallest absolute Gasteiger partial charge is 0.191 e. The summed E-state index contributed by atoms with van der Waals surface area (Å²) < 4.78 is 24.6. The SMILES string of the molecule is C=COC=C.C=CS(=O)(=O)C=C.C=Cc1ccc(C=C)cc1. The standard InChI is InChI=1S/C10H10.C4H6O2S.C4H6O/c1-3-9-5-7-10(4-2)8-6-9;1-3-7(5,6)4-2;1-3-5-4-2/h3-8H,1-2H2;3-4H,1-2H2;3-4H,1-2H2. The van der Waals surface area contributed by atoms with Gasteiger partial charge < -0.3 is 4.74 Å². The van der Waals surface area contributed by atoms with E-state index in [0.29, 0.717) is 0 Å². The first-order chi connectivity index (χ1) is 10.4. The number of rotatable bonds is 6. The van der Waals surface area contributed by atoms with Gasteiger partial charge in [0.15, 0.2) is 9.84 Å². The third-order valence-corrected chi connectivity index (χ3v) is 2.99. The summed E-state index contributed by atoms with van der Waals surface area (Å²) in [6.45, 7) is 19.9. The maximum absolute atomic E-state index is 10.1. The van der Waals surface area contributed by atoms with Gasteiger partial charge in [-0.2, -0.15) is 0 Å². The molecule has 0 aromatic heterocycles. The van der Waals surface area contributed by atoms with Crippen molar-refractivity contribution in [2.75, 3.05) is 0 Å². The highest BCUT2D eigenvalue weighted by Gasteiger charge is 1.90. The fourth-order valence-corrected chi connectivity index (χ4v) is 1.04. The quantitative estimate of drug-likeness (QED) is 0.697. The van der Waals surface area contributed by atoms with E-state index in [0.717, 1.165) is 21.9 Å². The molecule has 118 valence electrons. The maximum Gasteiger partial charge on any atom is 0.191 e. The molecule has 0 amide bonds. The van der Waals surface area contributed by atoms with Crippen molar-refractivity contribution in [2.45, 2.75) is 0 Å². The Morgan fingerprint density at radius 1 is 0.727 bits per heavy atom. The van der Waals surface area contributed by atoms with Gasteiger partial charge in [-0.25, -0.2) is 8.42 Å². The van der Waals surface area contributed by atoms with Crippen molar-refractivity contribution in [2.24, 2.45) is 0 Å². The number of benzene rings is 1. The average molecular weight is 318 g/mol. The highest BCUT2D eigenvalue weighted by molar-refractivity contribution is 7.97. The molecule has 0 N–H and O–H groups in total. The predicted octanol–water partition coefficient (Wildman–Crippen LogP) is 4.95. The van der Waals surface area contributed by atoms with E-state index in [1.165, 1.54) is 12.5 Å². The summed E-state index contributed by atoms with van der Waals surface area (Å²) in [4.78, 5) is 0. The lowest BCUT2D eigenvalue weighted by molar-refractivity contribution is 0.406. The van der Waals surface area contributed by atoms with Gasteiger partial charge in [-0.05, 0) is 11.1 Å². The molecule has 0 bridgehead atoms. The average Bonchev–Trinajstić information content (AvgIpc) is 2.57. The molecule has 0 aliphatic carbocycles. The Hall–Kier alpha value is -2.59. The van der Waals surface area contributed by atoms with Gasteiger partial charge in [-0.3, -0.25) is 0 Å². The molecule has 0 saturated heterocycles. The van der Waals surface area contributed by atoms with Crippen LogP contribution in [0.15, 0.2) is 87.1 Å². The van der Waals surface area contributed by atoms with Crippen LogP contribution >= 0.6 is 0 Å². The summed E-state index contributed by atoms with van der Waals surface area (Å²) in [6, 6.07) is 8.07. The monoisotopic (exact) mass is 318 g/mol. The van der Waals surface area contributed by atoms with Crippen LogP contribution in [0, 0.1) is 0 Å². The minimum Gasteiger partial charge on any atom is -0.474 e. The number of hydrogen-bond donors (Lipinski definition) is 0. The zero-order valence-electron chi connectivity index (χ0n) is 12.6. The third kappa shape index (κ3) is 12.4. The summed E-state index contributed by atoms with van der Waals surface area (Å²) in [5, 5.41) is 1.69. The van der Waals surface area contributed by atoms with E-state index in [4.69, 9.17) is 0 Å². The van der Waals surface area contributed by atoms with E-state index >= 15 is 0 Å². The van der Waals surface area contributed by atoms with Crippen LogP contribution in [0.3, 0.4) is 0 Å². The van der Waals surface area contributed by atoms with E-state index in [1.54, 1.807) is 0 Å². The highest BCUT2D eigenvalue weighted by Crippen LogP contribution is 2.05. The number of ether oxygens (including phenoxy) is 1. The van der Waals surface area contributed by atoms with E-state index in [1.807, 2.05) is 36.4 Å². The molecule has 3 nitrogen and oxygen atoms in total. The van der Waals surface area contributed by atoms with Gasteiger partial charge in [0, 0.05) is 10.8 Å². The Bertz CT molecular complexity index is 547. The topological polar surface area (TPSA) is 43.4 Å². The van der Waals surface area contributed by atoms with Gasteiger partial charge in [-0.1, -0.05) is 75.9 Å². The molecule has 0 heterocycles. The minimum atomic E-state index is -3.13. The first-order valence-corrected chi connectivity index (χ1v) is 7.73. The second-order valence-electron chi connectivity index (χ2n) is 3.47. The van der Waals surface area contributed by atoms with Crippen LogP contribution in [0.5, 0.6) is 0 Å². The van der Waals surface area contributed by atoms with Crippen LogP contribution in [-0.2, 0) is 14.6 Å². The molecule has 0 spiro atoms. The Kier molecular flexibility index (Phi) is 13.2. The normalized spacial score (nSPS) is 8.55. The van der Waals surface area contributed by atoms with Crippen LogP contribution < -0.4 is 0 Å². The maximum atomic E-state index is 10.1. The molecule has 0 radical (unpaired) electrons. The molecular weight excluding hydrogens is 296 g/mol. The zero-order valence-corrected chi connectivity index (χ0v) is 13.5. The zero-order chi connectivity index (χ0) is 17.4. The van der Waals surface area contributed by atoms with Gasteiger partial charge in [0.05, 0.1) is 12.5 Å². The van der Waals surface area contributed by atoms with E-state index in [-0.39, 0.29) is 0 Å². The summed E-state index contributed by atoms with van der Waals surface area (Å²) in [5.74, 6) is 0. The van der Waals surface area contributed by atoms with Crippen LogP contribution in [0.1, 0.15) is 11.1 Å². The van der Waals surface area contributed by atoms with Crippen molar-refractivity contribution in [3.63, 3.8) is 0 Å². The molecule has 0 saturated carbocycles. The van der Waals surface area contributed by atoms with E-state index in [9.17, 15) is 8.42 Å². The van der Waals surface area contributed by atoms with Crippen molar-refractivity contribution >= 4 is 22.0 Å². The van der Waals surface area contributed by atoms with Crippen molar-refractivity contribution < 1.29 is 13.2 Å². The Labute approximate surface area is 133 Å². The van der Waals surface area contributed by atoms with Gasteiger partial charge in [-0.15, -0.1) is 0 Å². The summed E-state index contributed by atoms with van der Waals surface area (Å²) in [6.07, 6.45) is 6.28. The minimum absolute atomic E-state index is 0.847. The molecule has 1 rings (SSSR count). The van der Waals surface area contributed by atoms with Crippen molar-refractivity contribution in [1.82, 2.24) is 0 Å². The third-order valence-electron chi connectivity index (χ3n) is 2.06. The molecule has 0 aliphatic heterocycles. The highest BCUT2D eigenvalue weighted by atomic mass is 32.2. The first-order valence-electron chi connectivity index (χ1n) is 6.12. The van der Waals surface area contributed by atoms with Gasteiger partial charge in [0.1, 0.15) is 0 Å². The first kappa shape index (κ1) is 21.7. The van der Waals surface area contributed by atoms with Gasteiger partial charge in [0.25, 0.3) is 0 Å². The van der Waals surface area contributed by atoms with Gasteiger partial charge >= 0.3 is 0 Å². The number of sulfone groups is 1. The summed E-state index contributed by atoms with van der Waals surface area (Å²) in [7, 11) is -3.13. The van der Waals surface area contributed by atoms with E-state index < -0.39 is 9.84 Å². The van der Waals surface area contributed by atoms with Crippen molar-refractivity contribution in [3.05, 3.63) is 98.2 Å². The summed E-state index contributed by atoms with van der Waals surface area (Å²) >= 11 is 0. The molecule has 0 unspecified atom stereocenters. The molecule has 0 aliphatic rings. The number of hydrogen-bond acceptors (Lipinski definition) is 3. The molecule has 4 heteroatoms. The van der Waals surface area contributed by atoms with Crippen LogP contribution in [0.25, 0.3) is 12.2 Å². The second kappa shape index (κ2) is 13.4. The molecule has 22 heavy (non-hydrogen) atoms. The Morgan fingerprint density at radius 3 is 1.14 bits per heavy atom. The fraction of sp³-hybridized carbons (Fsp3) is 0. The molecular formula is C18H22O3S. The molecule has 0 atom stereocenters. The second-order valence-corrected chi connectivity index (χ2v) is 5.31. The molecule has 1 aromatic carbocycles. The predicted molar refractivity (Wildman–Crippen MR) is 97.4 cm³/mol. The molecule has 1 aromatic rings. The van der Waals surface area contributed by atoms with Crippen LogP contribution in [-0.4, -0.2) is 8.42 Å². The van der Waals surface area contributed by atoms with E-state index in [2.05, 4.69) is 44.2 Å². The van der Waals surface area contributed by atoms with Gasteiger partial charge in [0.2, 0.25) is 0 Å². The van der Waals surface area contributed by atoms with Crippen molar-refractivity contribution in [1.29, 1.82) is 0 Å². The largest absolute Gasteiger partial charge is 0.474 e. The Balaban J connectivity index is 0. The summed E-state index contributed by atoms with van der Waals surface area (Å²) in [5.41, 5.74) is 2.29.